The number of benzene rings is 1. The van der Waals surface area contributed by atoms with Crippen LogP contribution in [0.3, 0.4) is 0 Å². The van der Waals surface area contributed by atoms with Crippen molar-refractivity contribution in [1.82, 2.24) is 9.29 Å². The van der Waals surface area contributed by atoms with Crippen molar-refractivity contribution in [3.05, 3.63) is 58.0 Å². The lowest BCUT2D eigenvalue weighted by Gasteiger charge is -2.34. The highest BCUT2D eigenvalue weighted by molar-refractivity contribution is 7.89. The van der Waals surface area contributed by atoms with Crippen LogP contribution in [0.2, 0.25) is 0 Å². The van der Waals surface area contributed by atoms with E-state index < -0.39 is 20.8 Å². The number of nitriles is 1. The lowest BCUT2D eigenvalue weighted by molar-refractivity contribution is -0.385. The highest BCUT2D eigenvalue weighted by Gasteiger charge is 2.29. The SMILES string of the molecule is N#Cc1nc(N2CCN(S(=O)(=O)c3cccc(F)c3)CC2)ccc1[N+](=O)[O-]. The topological polar surface area (TPSA) is 120 Å². The predicted molar refractivity (Wildman–Crippen MR) is 93.0 cm³/mol. The van der Waals surface area contributed by atoms with Crippen molar-refractivity contribution in [3.8, 4) is 6.07 Å². The van der Waals surface area contributed by atoms with Crippen molar-refractivity contribution in [1.29, 1.82) is 5.26 Å². The molecule has 0 unspecified atom stereocenters. The molecule has 0 saturated carbocycles. The summed E-state index contributed by atoms with van der Waals surface area (Å²) >= 11 is 0. The molecule has 1 aromatic carbocycles. The van der Waals surface area contributed by atoms with Gasteiger partial charge in [-0.2, -0.15) is 9.57 Å². The van der Waals surface area contributed by atoms with E-state index in [1.807, 2.05) is 0 Å². The maximum atomic E-state index is 13.3. The molecule has 0 spiro atoms. The summed E-state index contributed by atoms with van der Waals surface area (Å²) in [5.41, 5.74) is -0.680. The van der Waals surface area contributed by atoms with Crippen LogP contribution in [0.5, 0.6) is 0 Å². The fourth-order valence-electron chi connectivity index (χ4n) is 2.78. The van der Waals surface area contributed by atoms with Crippen molar-refractivity contribution in [2.24, 2.45) is 0 Å². The third-order valence-corrected chi connectivity index (χ3v) is 6.05. The van der Waals surface area contributed by atoms with Gasteiger partial charge in [0.15, 0.2) is 0 Å². The summed E-state index contributed by atoms with van der Waals surface area (Å²) in [6, 6.07) is 9.14. The Hall–Kier alpha value is -3.10. The molecule has 27 heavy (non-hydrogen) atoms. The van der Waals surface area contributed by atoms with Gasteiger partial charge in [0, 0.05) is 32.2 Å². The monoisotopic (exact) mass is 391 g/mol. The first-order chi connectivity index (χ1) is 12.8. The molecule has 0 amide bonds. The minimum atomic E-state index is -3.82. The number of anilines is 1. The molecule has 1 fully saturated rings. The van der Waals surface area contributed by atoms with E-state index in [-0.39, 0.29) is 42.5 Å². The van der Waals surface area contributed by atoms with Gasteiger partial charge in [-0.25, -0.2) is 17.8 Å². The molecule has 3 rings (SSSR count). The summed E-state index contributed by atoms with van der Waals surface area (Å²) in [7, 11) is -3.82. The molecule has 1 aliphatic rings. The van der Waals surface area contributed by atoms with Gasteiger partial charge in [0.1, 0.15) is 17.7 Å². The standard InChI is InChI=1S/C16H14FN5O4S/c17-12-2-1-3-13(10-12)27(25,26)21-8-6-20(7-9-21)16-5-4-15(22(23)24)14(11-18)19-16/h1-5,10H,6-9H2. The third-order valence-electron chi connectivity index (χ3n) is 4.16. The molecule has 0 N–H and O–H groups in total. The zero-order valence-corrected chi connectivity index (χ0v) is 14.8. The predicted octanol–water partition coefficient (Wildman–Crippen LogP) is 1.51. The second kappa shape index (κ2) is 7.26. The lowest BCUT2D eigenvalue weighted by atomic mass is 10.3. The Morgan fingerprint density at radius 2 is 1.89 bits per heavy atom. The first-order valence-corrected chi connectivity index (χ1v) is 9.33. The van der Waals surface area contributed by atoms with Crippen molar-refractivity contribution in [2.45, 2.75) is 4.90 Å². The van der Waals surface area contributed by atoms with Gasteiger partial charge in [0.05, 0.1) is 9.82 Å². The van der Waals surface area contributed by atoms with Crippen LogP contribution in [-0.4, -0.2) is 48.8 Å². The van der Waals surface area contributed by atoms with Crippen LogP contribution in [0.1, 0.15) is 5.69 Å². The van der Waals surface area contributed by atoms with E-state index in [0.29, 0.717) is 5.82 Å². The van der Waals surface area contributed by atoms with E-state index in [1.165, 1.54) is 34.6 Å². The quantitative estimate of drug-likeness (QED) is 0.572. The van der Waals surface area contributed by atoms with Crippen LogP contribution in [0, 0.1) is 27.3 Å². The Bertz CT molecular complexity index is 1030. The Kier molecular flexibility index (Phi) is 5.02. The molecular weight excluding hydrogens is 377 g/mol. The van der Waals surface area contributed by atoms with Crippen LogP contribution in [0.15, 0.2) is 41.3 Å². The first kappa shape index (κ1) is 18.7. The zero-order chi connectivity index (χ0) is 19.6. The number of rotatable bonds is 4. The fraction of sp³-hybridized carbons (Fsp3) is 0.250. The van der Waals surface area contributed by atoms with Crippen molar-refractivity contribution in [2.75, 3.05) is 31.1 Å². The van der Waals surface area contributed by atoms with Gasteiger partial charge in [0.25, 0.3) is 0 Å². The van der Waals surface area contributed by atoms with E-state index in [4.69, 9.17) is 5.26 Å². The Balaban J connectivity index is 1.76. The lowest BCUT2D eigenvalue weighted by Crippen LogP contribution is -2.49. The van der Waals surface area contributed by atoms with Gasteiger partial charge in [-0.3, -0.25) is 10.1 Å². The Morgan fingerprint density at radius 1 is 1.19 bits per heavy atom. The molecular formula is C16H14FN5O4S. The number of aromatic nitrogens is 1. The van der Waals surface area contributed by atoms with Crippen molar-refractivity contribution >= 4 is 21.5 Å². The number of nitro groups is 1. The number of pyridine rings is 1. The third kappa shape index (κ3) is 3.71. The van der Waals surface area contributed by atoms with Crippen LogP contribution in [0.4, 0.5) is 15.9 Å². The summed E-state index contributed by atoms with van der Waals surface area (Å²) in [6.07, 6.45) is 0. The normalized spacial score (nSPS) is 15.3. The summed E-state index contributed by atoms with van der Waals surface area (Å²) in [5, 5.41) is 19.9. The summed E-state index contributed by atoms with van der Waals surface area (Å²) in [6.45, 7) is 0.841. The van der Waals surface area contributed by atoms with Gasteiger partial charge in [-0.1, -0.05) is 6.07 Å². The van der Waals surface area contributed by atoms with E-state index in [2.05, 4.69) is 4.98 Å². The van der Waals surface area contributed by atoms with E-state index in [9.17, 15) is 22.9 Å². The highest BCUT2D eigenvalue weighted by atomic mass is 32.2. The molecule has 1 aromatic heterocycles. The van der Waals surface area contributed by atoms with Crippen LogP contribution in [0.25, 0.3) is 0 Å². The summed E-state index contributed by atoms with van der Waals surface area (Å²) in [5.74, 6) is -0.270. The number of halogens is 1. The Morgan fingerprint density at radius 3 is 2.48 bits per heavy atom. The fourth-order valence-corrected chi connectivity index (χ4v) is 4.24. The van der Waals surface area contributed by atoms with Crippen LogP contribution in [-0.2, 0) is 10.0 Å². The second-order valence-electron chi connectivity index (χ2n) is 5.75. The van der Waals surface area contributed by atoms with E-state index in [0.717, 1.165) is 6.07 Å². The number of piperazine rings is 1. The highest BCUT2D eigenvalue weighted by Crippen LogP contribution is 2.23. The van der Waals surface area contributed by atoms with Crippen LogP contribution < -0.4 is 4.90 Å². The number of sulfonamides is 1. The molecule has 0 aliphatic carbocycles. The smallest absolute Gasteiger partial charge is 0.305 e. The summed E-state index contributed by atoms with van der Waals surface area (Å²) < 4.78 is 39.8. The molecule has 1 saturated heterocycles. The summed E-state index contributed by atoms with van der Waals surface area (Å²) in [4.78, 5) is 15.8. The largest absolute Gasteiger partial charge is 0.354 e. The van der Waals surface area contributed by atoms with Gasteiger partial charge in [0.2, 0.25) is 15.7 Å². The first-order valence-electron chi connectivity index (χ1n) is 7.89. The Labute approximate surface area is 154 Å². The van der Waals surface area contributed by atoms with Crippen LogP contribution >= 0.6 is 0 Å². The molecule has 1 aliphatic heterocycles. The minimum Gasteiger partial charge on any atom is -0.354 e. The second-order valence-corrected chi connectivity index (χ2v) is 7.69. The average Bonchev–Trinajstić information content (AvgIpc) is 2.67. The number of hydrogen-bond donors (Lipinski definition) is 0. The maximum Gasteiger partial charge on any atom is 0.305 e. The van der Waals surface area contributed by atoms with Gasteiger partial charge in [-0.05, 0) is 24.3 Å². The van der Waals surface area contributed by atoms with Gasteiger partial charge in [-0.15, -0.1) is 0 Å². The molecule has 140 valence electrons. The van der Waals surface area contributed by atoms with Gasteiger partial charge >= 0.3 is 5.69 Å². The molecule has 9 nitrogen and oxygen atoms in total. The zero-order valence-electron chi connectivity index (χ0n) is 13.9. The van der Waals surface area contributed by atoms with E-state index in [1.54, 1.807) is 11.0 Å². The molecule has 2 heterocycles. The molecule has 2 aromatic rings. The number of hydrogen-bond acceptors (Lipinski definition) is 7. The average molecular weight is 391 g/mol. The molecule has 0 radical (unpaired) electrons. The van der Waals surface area contributed by atoms with Crippen molar-refractivity contribution < 1.29 is 17.7 Å². The molecule has 0 bridgehead atoms. The van der Waals surface area contributed by atoms with E-state index >= 15 is 0 Å². The number of nitrogens with zero attached hydrogens (tertiary/aromatic N) is 5. The molecule has 0 atom stereocenters. The maximum absolute atomic E-state index is 13.3. The molecule has 11 heteroatoms. The minimum absolute atomic E-state index is 0.115. The van der Waals surface area contributed by atoms with Gasteiger partial charge < -0.3 is 4.90 Å². The van der Waals surface area contributed by atoms with Crippen molar-refractivity contribution in [3.63, 3.8) is 0 Å².